The summed E-state index contributed by atoms with van der Waals surface area (Å²) in [5.41, 5.74) is 2.99. The van der Waals surface area contributed by atoms with Gasteiger partial charge >= 0.3 is 6.03 Å². The van der Waals surface area contributed by atoms with Gasteiger partial charge in [-0.15, -0.1) is 10.2 Å². The van der Waals surface area contributed by atoms with Crippen LogP contribution >= 0.6 is 11.3 Å². The molecule has 1 heterocycles. The van der Waals surface area contributed by atoms with Gasteiger partial charge in [0, 0.05) is 18.8 Å². The number of urea groups is 1. The van der Waals surface area contributed by atoms with E-state index >= 15 is 0 Å². The molecule has 0 aliphatic heterocycles. The van der Waals surface area contributed by atoms with Gasteiger partial charge in [0.2, 0.25) is 10.3 Å². The minimum Gasteiger partial charge on any atom is -0.346 e. The van der Waals surface area contributed by atoms with Crippen molar-refractivity contribution in [2.75, 3.05) is 28.6 Å². The fourth-order valence-corrected chi connectivity index (χ4v) is 3.57. The number of aromatic nitrogens is 2. The minimum absolute atomic E-state index is 0.308. The van der Waals surface area contributed by atoms with Crippen LogP contribution in [0.4, 0.5) is 20.7 Å². The number of benzene rings is 1. The molecule has 1 aromatic carbocycles. The Balaban J connectivity index is 2.02. The standard InChI is InChI=1S/C19H29N5OS/c1-12(2)10-24(11-13(3)4)19-23-22-18(26-19)21-17(25)20-16-8-14(5)7-15(6)9-16/h7-9,12-13H,10-11H2,1-6H3,(H2,20,21,22,25). The minimum atomic E-state index is -0.308. The zero-order chi connectivity index (χ0) is 19.3. The first-order chi connectivity index (χ1) is 12.2. The van der Waals surface area contributed by atoms with Gasteiger partial charge in [-0.3, -0.25) is 5.32 Å². The number of carbonyl (C=O) groups is 1. The number of anilines is 3. The van der Waals surface area contributed by atoms with Crippen LogP contribution < -0.4 is 15.5 Å². The number of carbonyl (C=O) groups excluding carboxylic acids is 1. The molecule has 7 heteroatoms. The maximum absolute atomic E-state index is 12.2. The van der Waals surface area contributed by atoms with Crippen LogP contribution in [0, 0.1) is 25.7 Å². The lowest BCUT2D eigenvalue weighted by Crippen LogP contribution is -2.31. The van der Waals surface area contributed by atoms with E-state index in [1.807, 2.05) is 26.0 Å². The molecule has 0 aliphatic rings. The van der Waals surface area contributed by atoms with Crippen LogP contribution in [0.15, 0.2) is 18.2 Å². The maximum atomic E-state index is 12.2. The number of aryl methyl sites for hydroxylation is 2. The molecule has 2 aromatic rings. The van der Waals surface area contributed by atoms with E-state index in [-0.39, 0.29) is 6.03 Å². The molecular weight excluding hydrogens is 346 g/mol. The van der Waals surface area contributed by atoms with Gasteiger partial charge in [-0.1, -0.05) is 45.1 Å². The van der Waals surface area contributed by atoms with Gasteiger partial charge in [-0.2, -0.15) is 0 Å². The number of hydrogen-bond acceptors (Lipinski definition) is 5. The first-order valence-corrected chi connectivity index (χ1v) is 9.79. The van der Waals surface area contributed by atoms with Crippen molar-refractivity contribution in [3.05, 3.63) is 29.3 Å². The first kappa shape index (κ1) is 20.2. The SMILES string of the molecule is Cc1cc(C)cc(NC(=O)Nc2nnc(N(CC(C)C)CC(C)C)s2)c1. The molecule has 0 atom stereocenters. The zero-order valence-electron chi connectivity index (χ0n) is 16.5. The summed E-state index contributed by atoms with van der Waals surface area (Å²) in [7, 11) is 0. The third-order valence-electron chi connectivity index (χ3n) is 3.56. The predicted octanol–water partition coefficient (Wildman–Crippen LogP) is 4.92. The van der Waals surface area contributed by atoms with E-state index in [0.717, 1.165) is 35.0 Å². The fourth-order valence-electron chi connectivity index (χ4n) is 2.81. The number of rotatable bonds is 7. The van der Waals surface area contributed by atoms with Gasteiger partial charge in [0.05, 0.1) is 0 Å². The molecule has 0 radical (unpaired) electrons. The second kappa shape index (κ2) is 8.98. The summed E-state index contributed by atoms with van der Waals surface area (Å²) in [6.07, 6.45) is 0. The van der Waals surface area contributed by atoms with E-state index in [1.54, 1.807) is 0 Å². The first-order valence-electron chi connectivity index (χ1n) is 8.97. The molecule has 0 saturated carbocycles. The monoisotopic (exact) mass is 375 g/mol. The van der Waals surface area contributed by atoms with E-state index in [9.17, 15) is 4.79 Å². The average molecular weight is 376 g/mol. The highest BCUT2D eigenvalue weighted by Gasteiger charge is 2.16. The topological polar surface area (TPSA) is 70.1 Å². The van der Waals surface area contributed by atoms with Gasteiger partial charge < -0.3 is 10.2 Å². The summed E-state index contributed by atoms with van der Waals surface area (Å²) in [6, 6.07) is 5.63. The van der Waals surface area contributed by atoms with Crippen molar-refractivity contribution >= 4 is 33.3 Å². The highest BCUT2D eigenvalue weighted by Crippen LogP contribution is 2.26. The highest BCUT2D eigenvalue weighted by atomic mass is 32.1. The van der Waals surface area contributed by atoms with Crippen molar-refractivity contribution in [1.29, 1.82) is 0 Å². The van der Waals surface area contributed by atoms with Gasteiger partial charge in [0.15, 0.2) is 0 Å². The molecule has 2 N–H and O–H groups in total. The molecule has 0 bridgehead atoms. The van der Waals surface area contributed by atoms with Crippen LogP contribution in [0.3, 0.4) is 0 Å². The third kappa shape index (κ3) is 6.29. The Morgan fingerprint density at radius 2 is 1.58 bits per heavy atom. The normalized spacial score (nSPS) is 11.1. The Morgan fingerprint density at radius 1 is 1.00 bits per heavy atom. The Labute approximate surface area is 160 Å². The van der Waals surface area contributed by atoms with Crippen molar-refractivity contribution in [2.24, 2.45) is 11.8 Å². The largest absolute Gasteiger partial charge is 0.346 e. The molecule has 0 aliphatic carbocycles. The molecule has 6 nitrogen and oxygen atoms in total. The Morgan fingerprint density at radius 3 is 2.12 bits per heavy atom. The number of nitrogens with zero attached hydrogens (tertiary/aromatic N) is 3. The third-order valence-corrected chi connectivity index (χ3v) is 4.46. The van der Waals surface area contributed by atoms with Crippen molar-refractivity contribution < 1.29 is 4.79 Å². The molecule has 0 fully saturated rings. The molecule has 26 heavy (non-hydrogen) atoms. The fraction of sp³-hybridized carbons (Fsp3) is 0.526. The Kier molecular flexibility index (Phi) is 6.97. The van der Waals surface area contributed by atoms with Crippen LogP contribution in [0.25, 0.3) is 0 Å². The van der Waals surface area contributed by atoms with E-state index in [1.165, 1.54) is 11.3 Å². The molecule has 0 unspecified atom stereocenters. The lowest BCUT2D eigenvalue weighted by Gasteiger charge is -2.25. The molecule has 142 valence electrons. The van der Waals surface area contributed by atoms with E-state index < -0.39 is 0 Å². The molecular formula is C19H29N5OS. The second-order valence-electron chi connectivity index (χ2n) is 7.54. The van der Waals surface area contributed by atoms with Crippen LogP contribution in [0.1, 0.15) is 38.8 Å². The lowest BCUT2D eigenvalue weighted by molar-refractivity contribution is 0.262. The Hall–Kier alpha value is -2.15. The smallest absolute Gasteiger partial charge is 0.325 e. The quantitative estimate of drug-likeness (QED) is 0.721. The summed E-state index contributed by atoms with van der Waals surface area (Å²) in [5, 5.41) is 15.4. The lowest BCUT2D eigenvalue weighted by atomic mass is 10.1. The summed E-state index contributed by atoms with van der Waals surface area (Å²) >= 11 is 1.40. The summed E-state index contributed by atoms with van der Waals surface area (Å²) in [6.45, 7) is 14.6. The van der Waals surface area contributed by atoms with Crippen molar-refractivity contribution in [2.45, 2.75) is 41.5 Å². The van der Waals surface area contributed by atoms with Crippen LogP contribution in [0.5, 0.6) is 0 Å². The van der Waals surface area contributed by atoms with Gasteiger partial charge in [0.1, 0.15) is 0 Å². The van der Waals surface area contributed by atoms with Crippen LogP contribution in [0.2, 0.25) is 0 Å². The van der Waals surface area contributed by atoms with Crippen LogP contribution in [-0.4, -0.2) is 29.3 Å². The summed E-state index contributed by atoms with van der Waals surface area (Å²) in [5.74, 6) is 1.06. The summed E-state index contributed by atoms with van der Waals surface area (Å²) in [4.78, 5) is 14.5. The van der Waals surface area contributed by atoms with E-state index in [4.69, 9.17) is 0 Å². The van der Waals surface area contributed by atoms with Gasteiger partial charge in [0.25, 0.3) is 0 Å². The Bertz CT molecular complexity index is 711. The molecule has 1 aromatic heterocycles. The molecule has 0 spiro atoms. The van der Waals surface area contributed by atoms with Gasteiger partial charge in [-0.25, -0.2) is 4.79 Å². The highest BCUT2D eigenvalue weighted by molar-refractivity contribution is 7.19. The molecule has 2 rings (SSSR count). The van der Waals surface area contributed by atoms with E-state index in [0.29, 0.717) is 17.0 Å². The summed E-state index contributed by atoms with van der Waals surface area (Å²) < 4.78 is 0. The van der Waals surface area contributed by atoms with Crippen molar-refractivity contribution in [3.8, 4) is 0 Å². The number of nitrogens with one attached hydrogen (secondary N) is 2. The van der Waals surface area contributed by atoms with Crippen molar-refractivity contribution in [1.82, 2.24) is 10.2 Å². The average Bonchev–Trinajstić information content (AvgIpc) is 2.92. The van der Waals surface area contributed by atoms with E-state index in [2.05, 4.69) is 59.5 Å². The van der Waals surface area contributed by atoms with Crippen LogP contribution in [-0.2, 0) is 0 Å². The molecule has 2 amide bonds. The maximum Gasteiger partial charge on any atom is 0.325 e. The zero-order valence-corrected chi connectivity index (χ0v) is 17.3. The predicted molar refractivity (Wildman–Crippen MR) is 110 cm³/mol. The second-order valence-corrected chi connectivity index (χ2v) is 8.49. The number of hydrogen-bond donors (Lipinski definition) is 2. The van der Waals surface area contributed by atoms with Gasteiger partial charge in [-0.05, 0) is 48.9 Å². The van der Waals surface area contributed by atoms with Crippen molar-refractivity contribution in [3.63, 3.8) is 0 Å². The number of amides is 2. The molecule has 0 saturated heterocycles.